The summed E-state index contributed by atoms with van der Waals surface area (Å²) in [5.74, 6) is 0. The van der Waals surface area contributed by atoms with E-state index in [0.717, 1.165) is 17.7 Å². The first-order valence-corrected chi connectivity index (χ1v) is 20.7. The predicted octanol–water partition coefficient (Wildman–Crippen LogP) is 14.9. The van der Waals surface area contributed by atoms with E-state index in [1.165, 1.54) is 89.2 Å². The highest BCUT2D eigenvalue weighted by atomic mass is 15.2. The van der Waals surface area contributed by atoms with Crippen LogP contribution >= 0.6 is 0 Å². The summed E-state index contributed by atoms with van der Waals surface area (Å²) in [6.45, 7) is 9.32. The Hall–Kier alpha value is -7.08. The molecule has 3 aliphatic rings. The summed E-state index contributed by atoms with van der Waals surface area (Å²) in [6, 6.07) is 64.8. The standard InChI is InChI=1S/C57H44N2/c1-56(2)48-18-8-11-21-54(48)59(55-22-12-9-19-49(55)56)53-34-33-43(44-16-6-7-17-47(44)53)40-28-25-38(26-29-40)23-24-39-27-31-45-46-32-30-42(37-51(46)57(3,4)50(45)36-39)58-35-13-15-41-14-5-10-20-52(41)58/h5-8,10-14,16-18,20-37H,15H2,1-4H3/b24-23+. The van der Waals surface area contributed by atoms with Crippen molar-refractivity contribution in [1.82, 2.24) is 0 Å². The maximum atomic E-state index is 3.49. The summed E-state index contributed by atoms with van der Waals surface area (Å²) >= 11 is 0. The third-order valence-corrected chi connectivity index (χ3v) is 13.1. The molecule has 2 nitrogen and oxygen atoms in total. The zero-order valence-electron chi connectivity index (χ0n) is 33.9. The molecule has 59 heavy (non-hydrogen) atoms. The molecule has 0 saturated carbocycles. The van der Waals surface area contributed by atoms with Crippen LogP contribution in [0.2, 0.25) is 0 Å². The fourth-order valence-corrected chi connectivity index (χ4v) is 9.97. The van der Waals surface area contributed by atoms with Crippen molar-refractivity contribution in [2.24, 2.45) is 0 Å². The van der Waals surface area contributed by atoms with Gasteiger partial charge in [-0.05, 0) is 110 Å². The van der Waals surface area contributed by atoms with Gasteiger partial charge in [-0.25, -0.2) is 0 Å². The first-order valence-electron chi connectivity index (χ1n) is 20.7. The van der Waals surface area contributed by atoms with Crippen molar-refractivity contribution in [1.29, 1.82) is 0 Å². The maximum absolute atomic E-state index is 3.49. The number of hydrogen-bond acceptors (Lipinski definition) is 2. The largest absolute Gasteiger partial charge is 0.317 e. The van der Waals surface area contributed by atoms with E-state index in [1.54, 1.807) is 0 Å². The number of nitrogens with zero attached hydrogens (tertiary/aromatic N) is 2. The molecular weight excluding hydrogens is 713 g/mol. The fourth-order valence-electron chi connectivity index (χ4n) is 9.97. The van der Waals surface area contributed by atoms with Crippen LogP contribution in [0, 0.1) is 12.1 Å². The zero-order valence-corrected chi connectivity index (χ0v) is 33.9. The van der Waals surface area contributed by atoms with Crippen molar-refractivity contribution in [2.75, 3.05) is 9.80 Å². The fraction of sp³-hybridized carbons (Fsp3) is 0.123. The van der Waals surface area contributed by atoms with Gasteiger partial charge in [0.2, 0.25) is 0 Å². The quantitative estimate of drug-likeness (QED) is 0.161. The van der Waals surface area contributed by atoms with Gasteiger partial charge >= 0.3 is 0 Å². The summed E-state index contributed by atoms with van der Waals surface area (Å²) in [5, 5.41) is 2.45. The van der Waals surface area contributed by atoms with E-state index < -0.39 is 0 Å². The number of para-hydroxylation sites is 2. The van der Waals surface area contributed by atoms with Crippen LogP contribution < -0.4 is 9.80 Å². The van der Waals surface area contributed by atoms with Crippen LogP contribution in [0.4, 0.5) is 28.4 Å². The number of rotatable bonds is 5. The van der Waals surface area contributed by atoms with Crippen LogP contribution in [-0.4, -0.2) is 0 Å². The number of fused-ring (bicyclic) bond motifs is 7. The van der Waals surface area contributed by atoms with Gasteiger partial charge < -0.3 is 9.80 Å². The van der Waals surface area contributed by atoms with Gasteiger partial charge in [0, 0.05) is 39.4 Å². The molecule has 0 N–H and O–H groups in total. The number of hydrogen-bond donors (Lipinski definition) is 0. The summed E-state index contributed by atoms with van der Waals surface area (Å²) < 4.78 is 0. The highest BCUT2D eigenvalue weighted by Gasteiger charge is 2.38. The Morgan fingerprint density at radius 1 is 0.525 bits per heavy atom. The van der Waals surface area contributed by atoms with Crippen molar-refractivity contribution < 1.29 is 0 Å². The van der Waals surface area contributed by atoms with E-state index in [2.05, 4.69) is 226 Å². The van der Waals surface area contributed by atoms with Crippen LogP contribution in [0.3, 0.4) is 0 Å². The van der Waals surface area contributed by atoms with Crippen molar-refractivity contribution >= 4 is 51.4 Å². The first-order chi connectivity index (χ1) is 28.8. The summed E-state index contributed by atoms with van der Waals surface area (Å²) in [5.41, 5.74) is 19.8. The maximum Gasteiger partial charge on any atom is 0.0593 e. The first kappa shape index (κ1) is 35.1. The molecule has 282 valence electrons. The molecule has 0 amide bonds. The van der Waals surface area contributed by atoms with Gasteiger partial charge in [-0.3, -0.25) is 0 Å². The number of anilines is 5. The highest BCUT2D eigenvalue weighted by molar-refractivity contribution is 6.07. The smallest absolute Gasteiger partial charge is 0.0593 e. The van der Waals surface area contributed by atoms with Gasteiger partial charge in [0.05, 0.1) is 17.1 Å². The van der Waals surface area contributed by atoms with Gasteiger partial charge in [0.1, 0.15) is 0 Å². The molecule has 0 spiro atoms. The van der Waals surface area contributed by atoms with Gasteiger partial charge in [-0.15, -0.1) is 0 Å². The SMILES string of the molecule is CC1(C)c2c#cccc2N(c2ccc(-c3ccc(/C=C/c4ccc5c(c4)C(C)(C)c4cc(N6C=CCc7ccccc76)ccc4-5)cc3)c3ccccc23)c2ccccc21. The van der Waals surface area contributed by atoms with Crippen LogP contribution in [0.25, 0.3) is 45.2 Å². The Morgan fingerprint density at radius 2 is 1.20 bits per heavy atom. The van der Waals surface area contributed by atoms with Crippen LogP contribution in [0.15, 0.2) is 170 Å². The zero-order chi connectivity index (χ0) is 39.9. The molecule has 0 bridgehead atoms. The minimum absolute atomic E-state index is 0.113. The van der Waals surface area contributed by atoms with E-state index in [9.17, 15) is 0 Å². The van der Waals surface area contributed by atoms with Crippen LogP contribution in [0.1, 0.15) is 66.6 Å². The van der Waals surface area contributed by atoms with E-state index in [-0.39, 0.29) is 10.8 Å². The highest BCUT2D eigenvalue weighted by Crippen LogP contribution is 2.53. The lowest BCUT2D eigenvalue weighted by atomic mass is 9.74. The van der Waals surface area contributed by atoms with Crippen molar-refractivity contribution in [3.05, 3.63) is 221 Å². The molecule has 8 aromatic rings. The third kappa shape index (κ3) is 5.49. The molecule has 2 heterocycles. The number of benzene rings is 7. The van der Waals surface area contributed by atoms with E-state index in [0.29, 0.717) is 0 Å². The predicted molar refractivity (Wildman–Crippen MR) is 248 cm³/mol. The lowest BCUT2D eigenvalue weighted by Gasteiger charge is -2.41. The summed E-state index contributed by atoms with van der Waals surface area (Å²) in [4.78, 5) is 4.75. The van der Waals surface area contributed by atoms with Crippen molar-refractivity contribution in [3.8, 4) is 22.3 Å². The monoisotopic (exact) mass is 756 g/mol. The molecule has 0 radical (unpaired) electrons. The van der Waals surface area contributed by atoms with Gasteiger partial charge in [-0.2, -0.15) is 0 Å². The molecule has 0 saturated heterocycles. The van der Waals surface area contributed by atoms with Gasteiger partial charge in [0.15, 0.2) is 0 Å². The summed E-state index contributed by atoms with van der Waals surface area (Å²) in [7, 11) is 0. The number of allylic oxidation sites excluding steroid dienone is 1. The second kappa shape index (κ2) is 13.2. The molecule has 8 aromatic carbocycles. The third-order valence-electron chi connectivity index (χ3n) is 13.1. The Bertz CT molecular complexity index is 2980. The molecule has 2 aliphatic heterocycles. The van der Waals surface area contributed by atoms with Gasteiger partial charge in [0.25, 0.3) is 0 Å². The Kier molecular flexibility index (Phi) is 7.88. The Labute approximate surface area is 348 Å². The molecular formula is C57H44N2. The van der Waals surface area contributed by atoms with E-state index >= 15 is 0 Å². The van der Waals surface area contributed by atoms with E-state index in [1.807, 2.05) is 6.07 Å². The van der Waals surface area contributed by atoms with Crippen molar-refractivity contribution in [3.63, 3.8) is 0 Å². The second-order valence-corrected chi connectivity index (χ2v) is 17.2. The molecule has 1 aliphatic carbocycles. The molecule has 0 aromatic heterocycles. The molecule has 2 heteroatoms. The Morgan fingerprint density at radius 3 is 2.05 bits per heavy atom. The molecule has 0 unspecified atom stereocenters. The van der Waals surface area contributed by atoms with Gasteiger partial charge in [-0.1, -0.05) is 173 Å². The second-order valence-electron chi connectivity index (χ2n) is 17.2. The lowest BCUT2D eigenvalue weighted by Crippen LogP contribution is -2.30. The molecule has 0 fully saturated rings. The summed E-state index contributed by atoms with van der Waals surface area (Å²) in [6.07, 6.45) is 9.95. The Balaban J connectivity index is 0.880. The lowest BCUT2D eigenvalue weighted by molar-refractivity contribution is 0.632. The van der Waals surface area contributed by atoms with Crippen LogP contribution in [-0.2, 0) is 17.3 Å². The molecule has 0 atom stereocenters. The average molecular weight is 757 g/mol. The topological polar surface area (TPSA) is 6.48 Å². The van der Waals surface area contributed by atoms with Crippen LogP contribution in [0.5, 0.6) is 0 Å². The molecule has 11 rings (SSSR count). The minimum Gasteiger partial charge on any atom is -0.317 e. The van der Waals surface area contributed by atoms with Crippen molar-refractivity contribution in [2.45, 2.75) is 44.9 Å². The average Bonchev–Trinajstić information content (AvgIpc) is 3.50. The minimum atomic E-state index is -0.182. The van der Waals surface area contributed by atoms with E-state index in [4.69, 9.17) is 0 Å². The normalized spacial score (nSPS) is 15.3.